The fourth-order valence-corrected chi connectivity index (χ4v) is 7.12. The number of nitrogens with zero attached hydrogens (tertiary/aromatic N) is 2. The number of ether oxygens (including phenoxy) is 6. The van der Waals surface area contributed by atoms with E-state index in [1.54, 1.807) is 48.0 Å². The molecule has 0 spiro atoms. The summed E-state index contributed by atoms with van der Waals surface area (Å²) < 4.78 is 62.1. The minimum atomic E-state index is -3.95. The van der Waals surface area contributed by atoms with E-state index >= 15 is 0 Å². The first-order valence-corrected chi connectivity index (χ1v) is 18.4. The highest BCUT2D eigenvalue weighted by molar-refractivity contribution is 7.93. The maximum atomic E-state index is 13.1. The van der Waals surface area contributed by atoms with E-state index < -0.39 is 71.2 Å². The topological polar surface area (TPSA) is 195 Å². The normalized spacial score (nSPS) is 19.9. The van der Waals surface area contributed by atoms with Crippen molar-refractivity contribution in [1.29, 1.82) is 0 Å². The second kappa shape index (κ2) is 17.2. The molecule has 0 radical (unpaired) electrons. The molecule has 0 amide bonds. The fraction of sp³-hybridized carbons (Fsp3) is 0.278. The number of carbonyl (C=O) groups is 4. The number of thiazole rings is 1. The van der Waals surface area contributed by atoms with Gasteiger partial charge in [-0.15, -0.1) is 11.3 Å². The van der Waals surface area contributed by atoms with E-state index in [2.05, 4.69) is 14.7 Å². The van der Waals surface area contributed by atoms with Crippen molar-refractivity contribution < 1.29 is 56.0 Å². The van der Waals surface area contributed by atoms with E-state index in [-0.39, 0.29) is 15.8 Å². The van der Waals surface area contributed by atoms with Gasteiger partial charge in [0, 0.05) is 44.9 Å². The molecule has 1 aliphatic rings. The first-order chi connectivity index (χ1) is 25.3. The van der Waals surface area contributed by atoms with Gasteiger partial charge in [-0.2, -0.15) is 0 Å². The van der Waals surface area contributed by atoms with Crippen LogP contribution in [0.25, 0.3) is 11.3 Å². The Hall–Kier alpha value is -5.65. The van der Waals surface area contributed by atoms with Crippen molar-refractivity contribution in [3.05, 3.63) is 89.8 Å². The molecule has 17 heteroatoms. The van der Waals surface area contributed by atoms with E-state index in [9.17, 15) is 27.6 Å². The Morgan fingerprint density at radius 3 is 2.06 bits per heavy atom. The van der Waals surface area contributed by atoms with Gasteiger partial charge in [0.25, 0.3) is 10.0 Å². The monoisotopic (exact) mass is 765 g/mol. The van der Waals surface area contributed by atoms with Crippen LogP contribution in [0, 0.1) is 0 Å². The van der Waals surface area contributed by atoms with Gasteiger partial charge in [-0.3, -0.25) is 28.9 Å². The molecule has 0 saturated carbocycles. The van der Waals surface area contributed by atoms with Crippen LogP contribution in [-0.2, 0) is 52.9 Å². The lowest BCUT2D eigenvalue weighted by atomic mass is 9.98. The lowest BCUT2D eigenvalue weighted by molar-refractivity contribution is -0.288. The fourth-order valence-electron chi connectivity index (χ4n) is 5.15. The van der Waals surface area contributed by atoms with Gasteiger partial charge in [-0.1, -0.05) is 30.3 Å². The number of aliphatic imine (C=N–C) groups is 1. The molecular formula is C36H35N3O12S2. The van der Waals surface area contributed by atoms with Crippen LogP contribution in [0.2, 0.25) is 0 Å². The molecule has 278 valence electrons. The summed E-state index contributed by atoms with van der Waals surface area (Å²) in [6, 6.07) is 22.1. The number of nitrogens with one attached hydrogen (secondary N) is 1. The first kappa shape index (κ1) is 38.6. The van der Waals surface area contributed by atoms with Gasteiger partial charge < -0.3 is 28.4 Å². The van der Waals surface area contributed by atoms with Gasteiger partial charge in [0.15, 0.2) is 17.3 Å². The van der Waals surface area contributed by atoms with Crippen molar-refractivity contribution in [3.63, 3.8) is 0 Å². The highest BCUT2D eigenvalue weighted by Gasteiger charge is 2.53. The van der Waals surface area contributed by atoms with E-state index in [0.29, 0.717) is 16.9 Å². The number of rotatable bonds is 13. The summed E-state index contributed by atoms with van der Waals surface area (Å²) in [7, 11) is -3.95. The Balaban J connectivity index is 1.29. The Kier molecular flexibility index (Phi) is 12.6. The number of anilines is 1. The van der Waals surface area contributed by atoms with Gasteiger partial charge in [-0.05, 0) is 54.1 Å². The summed E-state index contributed by atoms with van der Waals surface area (Å²) in [5.74, 6) is -2.71. The van der Waals surface area contributed by atoms with E-state index in [1.807, 2.05) is 30.3 Å². The minimum Gasteiger partial charge on any atom is -0.463 e. The lowest BCUT2D eigenvalue weighted by Crippen LogP contribution is -2.63. The summed E-state index contributed by atoms with van der Waals surface area (Å²) in [5.41, 5.74) is 2.58. The molecule has 1 N–H and O–H groups in total. The Morgan fingerprint density at radius 2 is 1.43 bits per heavy atom. The molecule has 15 nitrogen and oxygen atoms in total. The molecule has 1 fully saturated rings. The number of aromatic nitrogens is 1. The smallest absolute Gasteiger partial charge is 0.303 e. The second-order valence-corrected chi connectivity index (χ2v) is 14.1. The molecule has 0 unspecified atom stereocenters. The average Bonchev–Trinajstić information content (AvgIpc) is 3.57. The lowest BCUT2D eigenvalue weighted by Gasteiger charge is -2.43. The summed E-state index contributed by atoms with van der Waals surface area (Å²) in [6.45, 7) is 4.15. The molecule has 5 rings (SSSR count). The molecule has 3 aromatic carbocycles. The number of hydrogen-bond donors (Lipinski definition) is 1. The number of benzene rings is 3. The predicted molar refractivity (Wildman–Crippen MR) is 191 cm³/mol. The van der Waals surface area contributed by atoms with Crippen LogP contribution in [-0.4, -0.2) is 80.8 Å². The predicted octanol–water partition coefficient (Wildman–Crippen LogP) is 4.82. The van der Waals surface area contributed by atoms with Gasteiger partial charge in [-0.25, -0.2) is 13.4 Å². The quantitative estimate of drug-likeness (QED) is 0.111. The number of carbonyl (C=O) groups excluding carboxylic acids is 4. The highest BCUT2D eigenvalue weighted by Crippen LogP contribution is 2.33. The van der Waals surface area contributed by atoms with Crippen LogP contribution < -0.4 is 9.46 Å². The number of sulfonamides is 1. The van der Waals surface area contributed by atoms with Crippen LogP contribution >= 0.6 is 11.3 Å². The van der Waals surface area contributed by atoms with Crippen molar-refractivity contribution in [3.8, 4) is 17.0 Å². The molecule has 2 heterocycles. The summed E-state index contributed by atoms with van der Waals surface area (Å²) in [4.78, 5) is 56.6. The van der Waals surface area contributed by atoms with Crippen molar-refractivity contribution in [2.45, 2.75) is 63.3 Å². The zero-order valence-electron chi connectivity index (χ0n) is 28.9. The summed E-state index contributed by atoms with van der Waals surface area (Å²) in [5, 5.41) is 1.82. The molecule has 53 heavy (non-hydrogen) atoms. The van der Waals surface area contributed by atoms with Gasteiger partial charge in [0.1, 0.15) is 18.5 Å². The van der Waals surface area contributed by atoms with Gasteiger partial charge in [0.2, 0.25) is 12.4 Å². The molecule has 4 aromatic rings. The second-order valence-electron chi connectivity index (χ2n) is 11.5. The summed E-state index contributed by atoms with van der Waals surface area (Å²) in [6.07, 6.45) is -5.01. The first-order valence-electron chi connectivity index (χ1n) is 16.0. The van der Waals surface area contributed by atoms with Crippen LogP contribution in [0.3, 0.4) is 0 Å². The van der Waals surface area contributed by atoms with Crippen LogP contribution in [0.15, 0.2) is 94.1 Å². The Labute approximate surface area is 308 Å². The van der Waals surface area contributed by atoms with E-state index in [4.69, 9.17) is 28.4 Å². The third kappa shape index (κ3) is 10.7. The zero-order valence-corrected chi connectivity index (χ0v) is 30.5. The van der Waals surface area contributed by atoms with Crippen molar-refractivity contribution >= 4 is 62.3 Å². The molecule has 1 saturated heterocycles. The molecule has 0 aliphatic carbocycles. The van der Waals surface area contributed by atoms with Crippen molar-refractivity contribution in [1.82, 2.24) is 4.98 Å². The Bertz CT molecular complexity index is 2050. The standard InChI is InChI=1S/C36H35N3O12S2/c1-21(40)46-19-31-32(47-22(2)41)33(48-23(3)42)34(49-24(4)43)35(51-31)50-28-14-10-26(11-15-28)30-20-52-36(38-30)39-53(44,45)29-16-12-27(13-17-29)37-18-25-8-6-5-7-9-25/h5-18,20,31-35H,19H2,1-4H3,(H,38,39)/t31-,32-,33+,34-,35-/m1/s1. The summed E-state index contributed by atoms with van der Waals surface area (Å²) >= 11 is 1.09. The maximum absolute atomic E-state index is 13.1. The average molecular weight is 766 g/mol. The zero-order chi connectivity index (χ0) is 38.1. The van der Waals surface area contributed by atoms with E-state index in [0.717, 1.165) is 37.7 Å². The van der Waals surface area contributed by atoms with Gasteiger partial charge in [0.05, 0.1) is 16.3 Å². The molecule has 1 aliphatic heterocycles. The largest absolute Gasteiger partial charge is 0.463 e. The highest BCUT2D eigenvalue weighted by atomic mass is 32.2. The van der Waals surface area contributed by atoms with Crippen LogP contribution in [0.4, 0.5) is 10.8 Å². The number of esters is 4. The van der Waals surface area contributed by atoms with Crippen LogP contribution in [0.1, 0.15) is 33.3 Å². The van der Waals surface area contributed by atoms with Gasteiger partial charge >= 0.3 is 23.9 Å². The SMILES string of the molecule is CC(=O)OC[C@H]1O[C@@H](Oc2ccc(-c3csc(NS(=O)(=O)c4ccc(N=Cc5ccccc5)cc4)n3)cc2)[C@H](OC(C)=O)[C@@H](OC(C)=O)[C@@H]1OC(C)=O. The number of hydrogen-bond acceptors (Lipinski definition) is 15. The minimum absolute atomic E-state index is 0.0385. The van der Waals surface area contributed by atoms with Crippen LogP contribution in [0.5, 0.6) is 5.75 Å². The molecule has 0 bridgehead atoms. The van der Waals surface area contributed by atoms with E-state index in [1.165, 1.54) is 19.1 Å². The molecular weight excluding hydrogens is 731 g/mol. The van der Waals surface area contributed by atoms with Crippen molar-refractivity contribution in [2.24, 2.45) is 4.99 Å². The molecule has 1 aromatic heterocycles. The third-order valence-electron chi connectivity index (χ3n) is 7.39. The van der Waals surface area contributed by atoms with Crippen molar-refractivity contribution in [2.75, 3.05) is 11.3 Å². The maximum Gasteiger partial charge on any atom is 0.303 e. The molecule has 5 atom stereocenters. The third-order valence-corrected chi connectivity index (χ3v) is 9.63. The Morgan fingerprint density at radius 1 is 0.811 bits per heavy atom.